The van der Waals surface area contributed by atoms with Gasteiger partial charge in [0.15, 0.2) is 4.80 Å². The number of hydrogen-bond donors (Lipinski definition) is 1. The Bertz CT molecular complexity index is 1110. The second-order valence-corrected chi connectivity index (χ2v) is 7.82. The maximum absolute atomic E-state index is 12.6. The van der Waals surface area contributed by atoms with E-state index in [2.05, 4.69) is 10.3 Å². The number of thiazole rings is 1. The molecule has 2 amide bonds. The van der Waals surface area contributed by atoms with E-state index in [9.17, 15) is 9.59 Å². The minimum absolute atomic E-state index is 0.138. The molecule has 1 aromatic heterocycles. The average molecular weight is 424 g/mol. The van der Waals surface area contributed by atoms with Gasteiger partial charge in [0.05, 0.1) is 13.2 Å². The number of nitrogens with zero attached hydrogens (tertiary/aromatic N) is 2. The molecule has 0 unspecified atom stereocenters. The van der Waals surface area contributed by atoms with E-state index < -0.39 is 0 Å². The molecule has 0 bridgehead atoms. The van der Waals surface area contributed by atoms with E-state index in [0.717, 1.165) is 16.8 Å². The molecule has 3 aromatic rings. The lowest BCUT2D eigenvalue weighted by Gasteiger charge is -2.09. The Kier molecular flexibility index (Phi) is 7.32. The number of amides is 2. The van der Waals surface area contributed by atoms with Gasteiger partial charge < -0.3 is 14.6 Å². The van der Waals surface area contributed by atoms with Crippen LogP contribution < -0.4 is 10.1 Å². The molecular formula is C23H25N3O3S. The highest BCUT2D eigenvalue weighted by molar-refractivity contribution is 7.07. The zero-order valence-electron chi connectivity index (χ0n) is 17.3. The Morgan fingerprint density at radius 2 is 1.87 bits per heavy atom. The number of hydrogen-bond acceptors (Lipinski definition) is 4. The fourth-order valence-corrected chi connectivity index (χ4v) is 3.86. The topological polar surface area (TPSA) is 72.7 Å². The van der Waals surface area contributed by atoms with Crippen molar-refractivity contribution in [1.29, 1.82) is 0 Å². The molecule has 0 aliphatic heterocycles. The zero-order valence-corrected chi connectivity index (χ0v) is 18.2. The Hall–Kier alpha value is -3.03. The molecule has 7 heteroatoms. The lowest BCUT2D eigenvalue weighted by Crippen LogP contribution is -2.27. The number of aryl methyl sites for hydroxylation is 2. The largest absolute Gasteiger partial charge is 0.383 e. The molecular weight excluding hydrogens is 398 g/mol. The van der Waals surface area contributed by atoms with Crippen LogP contribution in [0, 0.1) is 13.8 Å². The summed E-state index contributed by atoms with van der Waals surface area (Å²) in [6.07, 6.45) is 0. The number of carbonyl (C=O) groups is 2. The number of methoxy groups -OCH3 is 1. The minimum atomic E-state index is -0.263. The first-order valence-corrected chi connectivity index (χ1v) is 10.5. The summed E-state index contributed by atoms with van der Waals surface area (Å²) in [5.41, 5.74) is 4.15. The molecule has 1 heterocycles. The van der Waals surface area contributed by atoms with Crippen molar-refractivity contribution in [3.05, 3.63) is 86.7 Å². The van der Waals surface area contributed by atoms with Crippen LogP contribution in [-0.4, -0.2) is 36.6 Å². The van der Waals surface area contributed by atoms with Crippen LogP contribution in [0.5, 0.6) is 0 Å². The van der Waals surface area contributed by atoms with Crippen LogP contribution in [0.15, 0.2) is 58.9 Å². The number of carbonyl (C=O) groups excluding carboxylic acids is 2. The average Bonchev–Trinajstić information content (AvgIpc) is 3.07. The van der Waals surface area contributed by atoms with Crippen LogP contribution in [0.4, 0.5) is 0 Å². The summed E-state index contributed by atoms with van der Waals surface area (Å²) in [5.74, 6) is -0.402. The number of nitrogens with one attached hydrogen (secondary N) is 1. The van der Waals surface area contributed by atoms with Crippen molar-refractivity contribution in [2.45, 2.75) is 20.4 Å². The maximum Gasteiger partial charge on any atom is 0.279 e. The van der Waals surface area contributed by atoms with Gasteiger partial charge in [-0.05, 0) is 43.7 Å². The standard InChI is InChI=1S/C23H25N3O3S/c1-16-6-4-8-19(12-16)22(28)25-23-26(17(2)15-30-23)14-18-7-5-9-20(13-18)21(27)24-10-11-29-3/h4-9,12-13,15H,10-11,14H2,1-3H3,(H,24,27). The third-order valence-electron chi connectivity index (χ3n) is 4.58. The number of rotatable bonds is 7. The molecule has 0 radical (unpaired) electrons. The van der Waals surface area contributed by atoms with Crippen molar-refractivity contribution in [3.63, 3.8) is 0 Å². The Morgan fingerprint density at radius 1 is 1.10 bits per heavy atom. The molecule has 0 saturated carbocycles. The number of aromatic nitrogens is 1. The molecule has 156 valence electrons. The molecule has 0 saturated heterocycles. The Balaban J connectivity index is 1.83. The second kappa shape index (κ2) is 10.1. The van der Waals surface area contributed by atoms with Crippen molar-refractivity contribution < 1.29 is 14.3 Å². The molecule has 30 heavy (non-hydrogen) atoms. The summed E-state index contributed by atoms with van der Waals surface area (Å²) in [7, 11) is 1.60. The van der Waals surface area contributed by atoms with Gasteiger partial charge in [-0.15, -0.1) is 11.3 Å². The summed E-state index contributed by atoms with van der Waals surface area (Å²) in [6, 6.07) is 14.9. The first-order chi connectivity index (χ1) is 14.5. The van der Waals surface area contributed by atoms with Gasteiger partial charge in [-0.1, -0.05) is 29.8 Å². The highest BCUT2D eigenvalue weighted by Gasteiger charge is 2.10. The van der Waals surface area contributed by atoms with Gasteiger partial charge in [0, 0.05) is 35.9 Å². The van der Waals surface area contributed by atoms with Crippen LogP contribution in [0.1, 0.15) is 37.5 Å². The smallest absolute Gasteiger partial charge is 0.279 e. The summed E-state index contributed by atoms with van der Waals surface area (Å²) < 4.78 is 6.95. The highest BCUT2D eigenvalue weighted by Crippen LogP contribution is 2.10. The summed E-state index contributed by atoms with van der Waals surface area (Å²) in [6.45, 7) is 5.38. The van der Waals surface area contributed by atoms with Gasteiger partial charge in [-0.2, -0.15) is 4.99 Å². The Morgan fingerprint density at radius 3 is 2.63 bits per heavy atom. The SMILES string of the molecule is COCCNC(=O)c1cccc(Cn2c(C)csc2=NC(=O)c2cccc(C)c2)c1. The van der Waals surface area contributed by atoms with E-state index in [0.29, 0.717) is 35.6 Å². The summed E-state index contributed by atoms with van der Waals surface area (Å²) in [5, 5.41) is 4.80. The van der Waals surface area contributed by atoms with Crippen molar-refractivity contribution in [1.82, 2.24) is 9.88 Å². The van der Waals surface area contributed by atoms with Crippen LogP contribution in [0.25, 0.3) is 0 Å². The molecule has 0 fully saturated rings. The van der Waals surface area contributed by atoms with Crippen LogP contribution >= 0.6 is 11.3 Å². The minimum Gasteiger partial charge on any atom is -0.383 e. The van der Waals surface area contributed by atoms with Crippen LogP contribution in [0.3, 0.4) is 0 Å². The van der Waals surface area contributed by atoms with Crippen molar-refractivity contribution in [3.8, 4) is 0 Å². The lowest BCUT2D eigenvalue weighted by atomic mass is 10.1. The van der Waals surface area contributed by atoms with Gasteiger partial charge in [0.25, 0.3) is 11.8 Å². The third kappa shape index (κ3) is 5.52. The molecule has 1 N–H and O–H groups in total. The molecule has 2 aromatic carbocycles. The summed E-state index contributed by atoms with van der Waals surface area (Å²) >= 11 is 1.43. The van der Waals surface area contributed by atoms with Gasteiger partial charge in [0.1, 0.15) is 0 Å². The van der Waals surface area contributed by atoms with E-state index in [1.165, 1.54) is 11.3 Å². The highest BCUT2D eigenvalue weighted by atomic mass is 32.1. The van der Waals surface area contributed by atoms with E-state index in [-0.39, 0.29) is 11.8 Å². The monoisotopic (exact) mass is 423 g/mol. The second-order valence-electron chi connectivity index (χ2n) is 6.98. The fourth-order valence-electron chi connectivity index (χ4n) is 2.99. The van der Waals surface area contributed by atoms with Gasteiger partial charge in [0.2, 0.25) is 0 Å². The predicted octanol–water partition coefficient (Wildman–Crippen LogP) is 3.33. The van der Waals surface area contributed by atoms with Crippen molar-refractivity contribution >= 4 is 23.2 Å². The normalized spacial score (nSPS) is 11.5. The quantitative estimate of drug-likeness (QED) is 0.593. The number of ether oxygens (including phenoxy) is 1. The summed E-state index contributed by atoms with van der Waals surface area (Å²) in [4.78, 5) is 29.9. The van der Waals surface area contributed by atoms with Crippen molar-refractivity contribution in [2.75, 3.05) is 20.3 Å². The molecule has 0 spiro atoms. The third-order valence-corrected chi connectivity index (χ3v) is 5.56. The first kappa shape index (κ1) is 21.7. The van der Waals surface area contributed by atoms with Gasteiger partial charge in [-0.3, -0.25) is 9.59 Å². The first-order valence-electron chi connectivity index (χ1n) is 9.64. The fraction of sp³-hybridized carbons (Fsp3) is 0.261. The lowest BCUT2D eigenvalue weighted by molar-refractivity contribution is 0.0936. The van der Waals surface area contributed by atoms with Crippen molar-refractivity contribution in [2.24, 2.45) is 4.99 Å². The molecule has 0 atom stereocenters. The molecule has 0 aliphatic carbocycles. The number of benzene rings is 2. The van der Waals surface area contributed by atoms with E-state index in [1.54, 1.807) is 19.2 Å². The van der Waals surface area contributed by atoms with Gasteiger partial charge >= 0.3 is 0 Å². The molecule has 0 aliphatic rings. The van der Waals surface area contributed by atoms with Gasteiger partial charge in [-0.25, -0.2) is 0 Å². The van der Waals surface area contributed by atoms with Crippen LogP contribution in [0.2, 0.25) is 0 Å². The van der Waals surface area contributed by atoms with E-state index in [4.69, 9.17) is 4.74 Å². The molecule has 3 rings (SSSR count). The Labute approximate surface area is 179 Å². The zero-order chi connectivity index (χ0) is 21.5. The van der Waals surface area contributed by atoms with E-state index in [1.807, 2.05) is 60.2 Å². The molecule has 6 nitrogen and oxygen atoms in total. The predicted molar refractivity (Wildman–Crippen MR) is 118 cm³/mol. The maximum atomic E-state index is 12.6. The van der Waals surface area contributed by atoms with Crippen LogP contribution in [-0.2, 0) is 11.3 Å². The van der Waals surface area contributed by atoms with E-state index >= 15 is 0 Å².